The van der Waals surface area contributed by atoms with Gasteiger partial charge in [0.25, 0.3) is 0 Å². The number of aromatic carboxylic acids is 1. The van der Waals surface area contributed by atoms with Crippen molar-refractivity contribution in [3.8, 4) is 5.88 Å². The van der Waals surface area contributed by atoms with Gasteiger partial charge in [-0.2, -0.15) is 0 Å². The highest BCUT2D eigenvalue weighted by molar-refractivity contribution is 6.76. The summed E-state index contributed by atoms with van der Waals surface area (Å²) in [5.41, 5.74) is 1.29. The maximum Gasteiger partial charge on any atom is 0.335 e. The largest absolute Gasteiger partial charge is 0.479 e. The third kappa shape index (κ3) is 3.22. The van der Waals surface area contributed by atoms with Crippen LogP contribution in [-0.2, 0) is 7.05 Å². The van der Waals surface area contributed by atoms with E-state index in [0.29, 0.717) is 12.2 Å². The lowest BCUT2D eigenvalue weighted by Crippen LogP contribution is -2.22. The van der Waals surface area contributed by atoms with Crippen molar-refractivity contribution in [1.82, 2.24) is 4.57 Å². The van der Waals surface area contributed by atoms with Gasteiger partial charge in [0, 0.05) is 26.6 Å². The summed E-state index contributed by atoms with van der Waals surface area (Å²) < 4.78 is 7.81. The van der Waals surface area contributed by atoms with Crippen LogP contribution in [0.5, 0.6) is 5.88 Å². The van der Waals surface area contributed by atoms with Crippen molar-refractivity contribution in [3.63, 3.8) is 0 Å². The lowest BCUT2D eigenvalue weighted by molar-refractivity contribution is 0.0697. The Morgan fingerprint density at radius 2 is 2.00 bits per heavy atom. The minimum atomic E-state index is -1.10. The Balaban J connectivity index is 2.22. The third-order valence-electron chi connectivity index (χ3n) is 3.35. The van der Waals surface area contributed by atoms with Crippen LogP contribution in [0.3, 0.4) is 0 Å². The third-order valence-corrected chi connectivity index (χ3v) is 5.05. The maximum atomic E-state index is 11.0. The summed E-state index contributed by atoms with van der Waals surface area (Å²) >= 11 is 0. The molecule has 1 aromatic carbocycles. The van der Waals surface area contributed by atoms with Crippen LogP contribution in [-0.4, -0.2) is 30.3 Å². The van der Waals surface area contributed by atoms with E-state index in [9.17, 15) is 4.79 Å². The standard InChI is InChI=1S/C15H21NO3Si/c1-16-13-6-5-11(15(17)18)9-12(13)10-14(16)19-7-8-20(2,3)4/h5-6,9-10H,7-8H2,1-4H3,(H,17,18). The van der Waals surface area contributed by atoms with Crippen LogP contribution in [0.4, 0.5) is 0 Å². The zero-order valence-electron chi connectivity index (χ0n) is 12.4. The molecule has 0 unspecified atom stereocenters. The van der Waals surface area contributed by atoms with Crippen LogP contribution in [0.1, 0.15) is 10.4 Å². The molecule has 0 amide bonds. The first-order chi connectivity index (χ1) is 9.28. The molecule has 0 bridgehead atoms. The predicted molar refractivity (Wildman–Crippen MR) is 83.5 cm³/mol. The van der Waals surface area contributed by atoms with E-state index in [0.717, 1.165) is 22.8 Å². The second kappa shape index (κ2) is 5.32. The van der Waals surface area contributed by atoms with Crippen LogP contribution < -0.4 is 4.74 Å². The molecule has 0 aliphatic heterocycles. The van der Waals surface area contributed by atoms with E-state index in [1.165, 1.54) is 0 Å². The quantitative estimate of drug-likeness (QED) is 0.856. The van der Waals surface area contributed by atoms with E-state index in [4.69, 9.17) is 9.84 Å². The molecule has 1 aromatic heterocycles. The molecule has 0 fully saturated rings. The fourth-order valence-corrected chi connectivity index (χ4v) is 2.77. The van der Waals surface area contributed by atoms with Gasteiger partial charge in [0.05, 0.1) is 17.7 Å². The summed E-state index contributed by atoms with van der Waals surface area (Å²) in [4.78, 5) is 11.0. The van der Waals surface area contributed by atoms with Crippen molar-refractivity contribution in [2.24, 2.45) is 7.05 Å². The van der Waals surface area contributed by atoms with Gasteiger partial charge in [-0.1, -0.05) is 19.6 Å². The molecule has 0 saturated heterocycles. The monoisotopic (exact) mass is 291 g/mol. The lowest BCUT2D eigenvalue weighted by Gasteiger charge is -2.16. The molecule has 0 saturated carbocycles. The summed E-state index contributed by atoms with van der Waals surface area (Å²) in [6.07, 6.45) is 0. The second-order valence-corrected chi connectivity index (χ2v) is 11.9. The molecular weight excluding hydrogens is 270 g/mol. The van der Waals surface area contributed by atoms with Crippen LogP contribution in [0, 0.1) is 0 Å². The number of carboxylic acids is 1. The number of ether oxygens (including phenoxy) is 1. The summed E-state index contributed by atoms with van der Waals surface area (Å²) in [6, 6.07) is 8.14. The minimum Gasteiger partial charge on any atom is -0.479 e. The first kappa shape index (κ1) is 14.7. The van der Waals surface area contributed by atoms with Crippen molar-refractivity contribution >= 4 is 24.9 Å². The average Bonchev–Trinajstić information content (AvgIpc) is 2.64. The van der Waals surface area contributed by atoms with Gasteiger partial charge in [-0.3, -0.25) is 0 Å². The Labute approximate surface area is 120 Å². The normalized spacial score (nSPS) is 11.8. The van der Waals surface area contributed by atoms with E-state index in [1.54, 1.807) is 12.1 Å². The number of rotatable bonds is 5. The molecule has 0 aliphatic carbocycles. The molecule has 0 radical (unpaired) electrons. The zero-order chi connectivity index (χ0) is 14.9. The molecular formula is C15H21NO3Si. The van der Waals surface area contributed by atoms with Crippen molar-refractivity contribution in [3.05, 3.63) is 29.8 Å². The van der Waals surface area contributed by atoms with Gasteiger partial charge >= 0.3 is 5.97 Å². The average molecular weight is 291 g/mol. The first-order valence-corrected chi connectivity index (χ1v) is 10.4. The number of fused-ring (bicyclic) bond motifs is 1. The summed E-state index contributed by atoms with van der Waals surface area (Å²) in [6.45, 7) is 7.66. The molecule has 4 nitrogen and oxygen atoms in total. The van der Waals surface area contributed by atoms with Gasteiger partial charge in [0.1, 0.15) is 0 Å². The fraction of sp³-hybridized carbons (Fsp3) is 0.400. The SMILES string of the molecule is Cn1c(OCC[Si](C)(C)C)cc2cc(C(=O)O)ccc21. The van der Waals surface area contributed by atoms with Gasteiger partial charge in [0.2, 0.25) is 0 Å². The van der Waals surface area contributed by atoms with Gasteiger partial charge < -0.3 is 14.4 Å². The number of carbonyl (C=O) groups is 1. The number of aryl methyl sites for hydroxylation is 1. The van der Waals surface area contributed by atoms with E-state index in [2.05, 4.69) is 19.6 Å². The van der Waals surface area contributed by atoms with Gasteiger partial charge in [-0.15, -0.1) is 0 Å². The van der Waals surface area contributed by atoms with Crippen LogP contribution in [0.2, 0.25) is 25.7 Å². The maximum absolute atomic E-state index is 11.0. The fourth-order valence-electron chi connectivity index (χ4n) is 2.06. The Bertz CT molecular complexity index is 640. The molecule has 20 heavy (non-hydrogen) atoms. The Morgan fingerprint density at radius 3 is 2.60 bits per heavy atom. The van der Waals surface area contributed by atoms with E-state index in [-0.39, 0.29) is 0 Å². The van der Waals surface area contributed by atoms with Crippen molar-refractivity contribution in [2.45, 2.75) is 25.7 Å². The molecule has 0 aliphatic rings. The number of hydrogen-bond donors (Lipinski definition) is 1. The smallest absolute Gasteiger partial charge is 0.335 e. The molecule has 1 heterocycles. The van der Waals surface area contributed by atoms with Crippen LogP contribution in [0.25, 0.3) is 10.9 Å². The first-order valence-electron chi connectivity index (χ1n) is 6.73. The summed E-state index contributed by atoms with van der Waals surface area (Å²) in [7, 11) is 0.834. The molecule has 0 atom stereocenters. The number of hydrogen-bond acceptors (Lipinski definition) is 2. The van der Waals surface area contributed by atoms with Crippen molar-refractivity contribution in [1.29, 1.82) is 0 Å². The van der Waals surface area contributed by atoms with Gasteiger partial charge in [0.15, 0.2) is 5.88 Å². The highest BCUT2D eigenvalue weighted by Crippen LogP contribution is 2.25. The molecule has 1 N–H and O–H groups in total. The Morgan fingerprint density at radius 1 is 1.30 bits per heavy atom. The minimum absolute atomic E-state index is 0.303. The summed E-state index contributed by atoms with van der Waals surface area (Å²) in [5.74, 6) is -0.113. The molecule has 108 valence electrons. The highest BCUT2D eigenvalue weighted by Gasteiger charge is 2.14. The van der Waals surface area contributed by atoms with Crippen molar-refractivity contribution in [2.75, 3.05) is 6.61 Å². The number of carboxylic acid groups (broad SMARTS) is 1. The number of nitrogens with zero attached hydrogens (tertiary/aromatic N) is 1. The Hall–Kier alpha value is -1.75. The van der Waals surface area contributed by atoms with E-state index >= 15 is 0 Å². The molecule has 5 heteroatoms. The predicted octanol–water partition coefficient (Wildman–Crippen LogP) is 3.59. The van der Waals surface area contributed by atoms with Crippen LogP contribution in [0.15, 0.2) is 24.3 Å². The number of aromatic nitrogens is 1. The van der Waals surface area contributed by atoms with Gasteiger partial charge in [-0.25, -0.2) is 4.79 Å². The van der Waals surface area contributed by atoms with E-state index in [1.807, 2.05) is 23.7 Å². The van der Waals surface area contributed by atoms with E-state index < -0.39 is 14.0 Å². The van der Waals surface area contributed by atoms with Crippen LogP contribution >= 0.6 is 0 Å². The highest BCUT2D eigenvalue weighted by atomic mass is 28.3. The van der Waals surface area contributed by atoms with Gasteiger partial charge in [-0.05, 0) is 24.2 Å². The van der Waals surface area contributed by atoms with Crippen molar-refractivity contribution < 1.29 is 14.6 Å². The topological polar surface area (TPSA) is 51.5 Å². The lowest BCUT2D eigenvalue weighted by atomic mass is 10.1. The zero-order valence-corrected chi connectivity index (χ0v) is 13.4. The molecule has 2 rings (SSSR count). The number of benzene rings is 1. The molecule has 2 aromatic rings. The second-order valence-electron chi connectivity index (χ2n) is 6.28. The molecule has 0 spiro atoms. The summed E-state index contributed by atoms with van der Waals surface area (Å²) in [5, 5.41) is 9.92. The Kier molecular flexibility index (Phi) is 3.90.